The summed E-state index contributed by atoms with van der Waals surface area (Å²) in [7, 11) is 0.194. The molecular formula is C8H11NO2S. The highest BCUT2D eigenvalue weighted by atomic mass is 32.2. The van der Waals surface area contributed by atoms with Crippen molar-refractivity contribution >= 4 is 11.0 Å². The van der Waals surface area contributed by atoms with E-state index in [2.05, 4.69) is 0 Å². The van der Waals surface area contributed by atoms with E-state index in [9.17, 15) is 4.21 Å². The second-order valence-electron chi connectivity index (χ2n) is 2.43. The van der Waals surface area contributed by atoms with E-state index in [1.807, 2.05) is 6.92 Å². The average Bonchev–Trinajstić information content (AvgIpc) is 2.04. The summed E-state index contributed by atoms with van der Waals surface area (Å²) in [5, 5.41) is 5.21. The molecular weight excluding hydrogens is 174 g/mol. The highest BCUT2D eigenvalue weighted by molar-refractivity contribution is 7.82. The molecule has 1 atom stereocenters. The van der Waals surface area contributed by atoms with Crippen molar-refractivity contribution in [1.82, 2.24) is 0 Å². The molecule has 0 saturated heterocycles. The Bertz CT molecular complexity index is 312. The maximum atomic E-state index is 10.8. The minimum atomic E-state index is -1.41. The molecule has 0 aliphatic rings. The first kappa shape index (κ1) is 9.22. The van der Waals surface area contributed by atoms with Crippen molar-refractivity contribution in [2.45, 2.75) is 11.8 Å². The van der Waals surface area contributed by atoms with Gasteiger partial charge in [0.2, 0.25) is 0 Å². The molecule has 3 nitrogen and oxygen atoms in total. The molecule has 0 fully saturated rings. The molecule has 0 radical (unpaired) electrons. The second-order valence-corrected chi connectivity index (χ2v) is 3.50. The van der Waals surface area contributed by atoms with Crippen LogP contribution in [-0.4, -0.2) is 11.3 Å². The zero-order valence-electron chi connectivity index (χ0n) is 7.03. The number of benzene rings is 1. The number of aryl methyl sites for hydroxylation is 1. The van der Waals surface area contributed by atoms with Crippen LogP contribution in [-0.2, 0) is 11.0 Å². The van der Waals surface area contributed by atoms with Gasteiger partial charge in [-0.15, -0.1) is 0 Å². The van der Waals surface area contributed by atoms with Crippen molar-refractivity contribution < 1.29 is 8.95 Å². The van der Waals surface area contributed by atoms with Gasteiger partial charge in [-0.05, 0) is 30.7 Å². The Morgan fingerprint density at radius 1 is 1.50 bits per heavy atom. The topological polar surface area (TPSA) is 52.3 Å². The third-order valence-corrected chi connectivity index (χ3v) is 2.32. The van der Waals surface area contributed by atoms with Gasteiger partial charge >= 0.3 is 0 Å². The van der Waals surface area contributed by atoms with E-state index in [0.29, 0.717) is 4.90 Å². The first-order valence-corrected chi connectivity index (χ1v) is 4.67. The summed E-state index contributed by atoms with van der Waals surface area (Å²) in [6.07, 6.45) is 0. The number of nitrogens with two attached hydrogens (primary N) is 1. The molecule has 0 saturated carbocycles. The van der Waals surface area contributed by atoms with E-state index < -0.39 is 11.0 Å². The van der Waals surface area contributed by atoms with Gasteiger partial charge in [-0.1, -0.05) is 0 Å². The van der Waals surface area contributed by atoms with Crippen molar-refractivity contribution in [3.05, 3.63) is 23.8 Å². The fourth-order valence-corrected chi connectivity index (χ4v) is 1.47. The van der Waals surface area contributed by atoms with E-state index in [1.165, 1.54) is 0 Å². The maximum absolute atomic E-state index is 10.8. The fourth-order valence-electron chi connectivity index (χ4n) is 0.976. The zero-order valence-corrected chi connectivity index (χ0v) is 7.85. The van der Waals surface area contributed by atoms with E-state index in [1.54, 1.807) is 25.3 Å². The molecule has 0 aliphatic carbocycles. The molecule has 2 N–H and O–H groups in total. The summed E-state index contributed by atoms with van der Waals surface area (Å²) in [4.78, 5) is 0.619. The highest BCUT2D eigenvalue weighted by Gasteiger charge is 2.01. The lowest BCUT2D eigenvalue weighted by atomic mass is 10.2. The van der Waals surface area contributed by atoms with E-state index >= 15 is 0 Å². The number of methoxy groups -OCH3 is 1. The first-order chi connectivity index (χ1) is 5.65. The van der Waals surface area contributed by atoms with Crippen LogP contribution in [0.3, 0.4) is 0 Å². The van der Waals surface area contributed by atoms with Gasteiger partial charge in [-0.25, -0.2) is 9.35 Å². The lowest BCUT2D eigenvalue weighted by Gasteiger charge is -2.04. The molecule has 4 heteroatoms. The Labute approximate surface area is 74.1 Å². The van der Waals surface area contributed by atoms with Crippen molar-refractivity contribution in [2.24, 2.45) is 5.14 Å². The fraction of sp³-hybridized carbons (Fsp3) is 0.250. The van der Waals surface area contributed by atoms with Gasteiger partial charge in [-0.2, -0.15) is 0 Å². The molecule has 66 valence electrons. The SMILES string of the molecule is COc1ccc(S(N)=O)cc1C. The molecule has 0 heterocycles. The highest BCUT2D eigenvalue weighted by Crippen LogP contribution is 2.19. The van der Waals surface area contributed by atoms with Crippen LogP contribution < -0.4 is 9.88 Å². The predicted octanol–water partition coefficient (Wildman–Crippen LogP) is 0.985. The van der Waals surface area contributed by atoms with Gasteiger partial charge in [0.15, 0.2) is 0 Å². The number of hydrogen-bond donors (Lipinski definition) is 1. The van der Waals surface area contributed by atoms with E-state index in [4.69, 9.17) is 9.88 Å². The van der Waals surface area contributed by atoms with Gasteiger partial charge in [0, 0.05) is 0 Å². The Morgan fingerprint density at radius 3 is 2.58 bits per heavy atom. The van der Waals surface area contributed by atoms with Crippen LogP contribution in [0.1, 0.15) is 5.56 Å². The lowest BCUT2D eigenvalue weighted by Crippen LogP contribution is -2.02. The Kier molecular flexibility index (Phi) is 2.83. The van der Waals surface area contributed by atoms with Crippen molar-refractivity contribution in [2.75, 3.05) is 7.11 Å². The molecule has 0 spiro atoms. The van der Waals surface area contributed by atoms with Crippen molar-refractivity contribution in [3.63, 3.8) is 0 Å². The van der Waals surface area contributed by atoms with Gasteiger partial charge in [-0.3, -0.25) is 0 Å². The monoisotopic (exact) mass is 185 g/mol. The second kappa shape index (κ2) is 3.69. The molecule has 0 bridgehead atoms. The van der Waals surface area contributed by atoms with Crippen LogP contribution >= 0.6 is 0 Å². The molecule has 1 unspecified atom stereocenters. The normalized spacial score (nSPS) is 12.6. The predicted molar refractivity (Wildman–Crippen MR) is 48.3 cm³/mol. The number of rotatable bonds is 2. The standard InChI is InChI=1S/C8H11NO2S/c1-6-5-7(12(9)10)3-4-8(6)11-2/h3-5H,9H2,1-2H3. The minimum absolute atomic E-state index is 0.619. The maximum Gasteiger partial charge on any atom is 0.122 e. The summed E-state index contributed by atoms with van der Waals surface area (Å²) < 4.78 is 15.9. The van der Waals surface area contributed by atoms with Crippen LogP contribution in [0.4, 0.5) is 0 Å². The Balaban J connectivity index is 3.10. The van der Waals surface area contributed by atoms with E-state index in [0.717, 1.165) is 11.3 Å². The number of hydrogen-bond acceptors (Lipinski definition) is 2. The third kappa shape index (κ3) is 1.84. The summed E-state index contributed by atoms with van der Waals surface area (Å²) in [6.45, 7) is 1.88. The summed E-state index contributed by atoms with van der Waals surface area (Å²) in [5.41, 5.74) is 0.939. The summed E-state index contributed by atoms with van der Waals surface area (Å²) in [6, 6.07) is 5.21. The van der Waals surface area contributed by atoms with Crippen LogP contribution in [0.2, 0.25) is 0 Å². The molecule has 0 aliphatic heterocycles. The van der Waals surface area contributed by atoms with Gasteiger partial charge < -0.3 is 4.74 Å². The molecule has 0 aromatic heterocycles. The molecule has 1 aromatic carbocycles. The van der Waals surface area contributed by atoms with Gasteiger partial charge in [0.1, 0.15) is 16.7 Å². The molecule has 12 heavy (non-hydrogen) atoms. The zero-order chi connectivity index (χ0) is 9.14. The van der Waals surface area contributed by atoms with E-state index in [-0.39, 0.29) is 0 Å². The van der Waals surface area contributed by atoms with Gasteiger partial charge in [0.05, 0.1) is 12.0 Å². The van der Waals surface area contributed by atoms with Crippen molar-refractivity contribution in [3.8, 4) is 5.75 Å². The first-order valence-electron chi connectivity index (χ1n) is 3.46. The Hall–Kier alpha value is -0.870. The van der Waals surface area contributed by atoms with Gasteiger partial charge in [0.25, 0.3) is 0 Å². The Morgan fingerprint density at radius 2 is 2.17 bits per heavy atom. The molecule has 1 aromatic rings. The lowest BCUT2D eigenvalue weighted by molar-refractivity contribution is 0.411. The molecule has 0 amide bonds. The van der Waals surface area contributed by atoms with Crippen LogP contribution in [0.5, 0.6) is 5.75 Å². The average molecular weight is 185 g/mol. The smallest absolute Gasteiger partial charge is 0.122 e. The quantitative estimate of drug-likeness (QED) is 0.746. The summed E-state index contributed by atoms with van der Waals surface area (Å²) >= 11 is 0. The van der Waals surface area contributed by atoms with Crippen LogP contribution in [0.25, 0.3) is 0 Å². The summed E-state index contributed by atoms with van der Waals surface area (Å²) in [5.74, 6) is 0.782. The molecule has 1 rings (SSSR count). The third-order valence-electron chi connectivity index (χ3n) is 1.60. The van der Waals surface area contributed by atoms with Crippen LogP contribution in [0.15, 0.2) is 23.1 Å². The van der Waals surface area contributed by atoms with Crippen molar-refractivity contribution in [1.29, 1.82) is 0 Å². The minimum Gasteiger partial charge on any atom is -0.496 e. The number of ether oxygens (including phenoxy) is 1. The van der Waals surface area contributed by atoms with Crippen LogP contribution in [0, 0.1) is 6.92 Å². The largest absolute Gasteiger partial charge is 0.496 e.